The van der Waals surface area contributed by atoms with Gasteiger partial charge in [0.05, 0.1) is 18.8 Å². The van der Waals surface area contributed by atoms with Crippen LogP contribution in [0.1, 0.15) is 245 Å². The molecule has 4 nitrogen and oxygen atoms in total. The van der Waals surface area contributed by atoms with Crippen molar-refractivity contribution in [3.8, 4) is 0 Å². The normalized spacial score (nSPS) is 13.8. The Morgan fingerprint density at radius 1 is 0.391 bits per heavy atom. The van der Waals surface area contributed by atoms with Crippen molar-refractivity contribution >= 4 is 5.91 Å². The maximum Gasteiger partial charge on any atom is 0.220 e. The third-order valence-electron chi connectivity index (χ3n) is 11.8. The van der Waals surface area contributed by atoms with Crippen molar-refractivity contribution in [2.45, 2.75) is 257 Å². The molecule has 0 spiro atoms. The zero-order chi connectivity index (χ0) is 46.3. The molecule has 2 unspecified atom stereocenters. The smallest absolute Gasteiger partial charge is 0.220 e. The molecule has 0 aliphatic carbocycles. The Bertz CT molecular complexity index is 1230. The van der Waals surface area contributed by atoms with Gasteiger partial charge < -0.3 is 15.5 Å². The van der Waals surface area contributed by atoms with Crippen molar-refractivity contribution in [1.29, 1.82) is 0 Å². The highest BCUT2D eigenvalue weighted by molar-refractivity contribution is 5.76. The molecule has 4 heteroatoms. The molecule has 3 N–H and O–H groups in total. The van der Waals surface area contributed by atoms with Gasteiger partial charge in [-0.2, -0.15) is 0 Å². The summed E-state index contributed by atoms with van der Waals surface area (Å²) in [7, 11) is 0. The molecule has 0 radical (unpaired) electrons. The van der Waals surface area contributed by atoms with Crippen molar-refractivity contribution in [3.63, 3.8) is 0 Å². The van der Waals surface area contributed by atoms with E-state index in [1.54, 1.807) is 0 Å². The number of hydrogen-bond acceptors (Lipinski definition) is 3. The summed E-state index contributed by atoms with van der Waals surface area (Å²) in [6.07, 6.45) is 82.0. The van der Waals surface area contributed by atoms with Crippen molar-refractivity contribution in [2.24, 2.45) is 0 Å². The first-order valence-corrected chi connectivity index (χ1v) is 27.1. The molecule has 2 atom stereocenters. The van der Waals surface area contributed by atoms with E-state index in [9.17, 15) is 15.0 Å². The van der Waals surface area contributed by atoms with Crippen molar-refractivity contribution < 1.29 is 15.0 Å². The number of aliphatic hydroxyl groups is 2. The summed E-state index contributed by atoms with van der Waals surface area (Å²) < 4.78 is 0. The minimum absolute atomic E-state index is 0.0912. The van der Waals surface area contributed by atoms with Crippen LogP contribution in [0.3, 0.4) is 0 Å². The average Bonchev–Trinajstić information content (AvgIpc) is 3.30. The highest BCUT2D eigenvalue weighted by Crippen LogP contribution is 2.16. The lowest BCUT2D eigenvalue weighted by Gasteiger charge is -2.22. The second-order valence-corrected chi connectivity index (χ2v) is 17.9. The molecule has 366 valence electrons. The fourth-order valence-corrected chi connectivity index (χ4v) is 7.72. The Labute approximate surface area is 397 Å². The highest BCUT2D eigenvalue weighted by Gasteiger charge is 2.19. The van der Waals surface area contributed by atoms with Crippen LogP contribution in [0.25, 0.3) is 0 Å². The minimum Gasteiger partial charge on any atom is -0.394 e. The summed E-state index contributed by atoms with van der Waals surface area (Å²) in [5, 5.41) is 23.3. The molecule has 0 aromatic heterocycles. The first-order chi connectivity index (χ1) is 31.7. The van der Waals surface area contributed by atoms with Crippen LogP contribution in [0.4, 0.5) is 0 Å². The van der Waals surface area contributed by atoms with Gasteiger partial charge in [0, 0.05) is 6.42 Å². The summed E-state index contributed by atoms with van der Waals surface area (Å²) in [6.45, 7) is 4.23. The molecular formula is C60H103NO3. The monoisotopic (exact) mass is 886 g/mol. The van der Waals surface area contributed by atoms with Crippen LogP contribution >= 0.6 is 0 Å². The van der Waals surface area contributed by atoms with E-state index in [4.69, 9.17) is 0 Å². The van der Waals surface area contributed by atoms with E-state index in [2.05, 4.69) is 129 Å². The van der Waals surface area contributed by atoms with Crippen LogP contribution in [0.2, 0.25) is 0 Å². The summed E-state index contributed by atoms with van der Waals surface area (Å²) in [5.74, 6) is -0.0912. The van der Waals surface area contributed by atoms with Gasteiger partial charge in [-0.1, -0.05) is 271 Å². The van der Waals surface area contributed by atoms with E-state index < -0.39 is 12.1 Å². The summed E-state index contributed by atoms with van der Waals surface area (Å²) >= 11 is 0. The molecule has 0 aromatic rings. The molecule has 0 heterocycles. The quantitative estimate of drug-likeness (QED) is 0.0421. The molecular weight excluding hydrogens is 783 g/mol. The number of amides is 1. The van der Waals surface area contributed by atoms with Crippen LogP contribution in [-0.2, 0) is 4.79 Å². The van der Waals surface area contributed by atoms with Gasteiger partial charge in [-0.05, 0) is 77.0 Å². The van der Waals surface area contributed by atoms with Gasteiger partial charge in [0.2, 0.25) is 5.91 Å². The first kappa shape index (κ1) is 61.0. The first-order valence-electron chi connectivity index (χ1n) is 27.1. The van der Waals surface area contributed by atoms with Crippen molar-refractivity contribution in [1.82, 2.24) is 5.32 Å². The maximum atomic E-state index is 12.5. The fourth-order valence-electron chi connectivity index (χ4n) is 7.72. The second-order valence-electron chi connectivity index (χ2n) is 17.9. The molecule has 0 fully saturated rings. The van der Waals surface area contributed by atoms with Crippen LogP contribution in [-0.4, -0.2) is 34.9 Å². The largest absolute Gasteiger partial charge is 0.394 e. The molecule has 0 rings (SSSR count). The zero-order valence-electron chi connectivity index (χ0n) is 42.0. The Morgan fingerprint density at radius 3 is 0.969 bits per heavy atom. The van der Waals surface area contributed by atoms with Crippen LogP contribution in [0.5, 0.6) is 0 Å². The van der Waals surface area contributed by atoms with E-state index in [0.717, 1.165) is 83.5 Å². The van der Waals surface area contributed by atoms with Crippen LogP contribution in [0.15, 0.2) is 109 Å². The van der Waals surface area contributed by atoms with Crippen molar-refractivity contribution in [2.75, 3.05) is 6.61 Å². The number of carbonyl (C=O) groups is 1. The van der Waals surface area contributed by atoms with Crippen molar-refractivity contribution in [3.05, 3.63) is 109 Å². The van der Waals surface area contributed by atoms with Crippen LogP contribution < -0.4 is 5.32 Å². The third-order valence-corrected chi connectivity index (χ3v) is 11.8. The van der Waals surface area contributed by atoms with Crippen LogP contribution in [0, 0.1) is 0 Å². The summed E-state index contributed by atoms with van der Waals surface area (Å²) in [5.41, 5.74) is 0. The van der Waals surface area contributed by atoms with Gasteiger partial charge in [-0.15, -0.1) is 0 Å². The minimum atomic E-state index is -0.693. The lowest BCUT2D eigenvalue weighted by molar-refractivity contribution is -0.123. The van der Waals surface area contributed by atoms with Gasteiger partial charge >= 0.3 is 0 Å². The predicted octanol–water partition coefficient (Wildman–Crippen LogP) is 17.9. The molecule has 0 aliphatic heterocycles. The number of rotatable bonds is 48. The Morgan fingerprint density at radius 2 is 0.672 bits per heavy atom. The van der Waals surface area contributed by atoms with Gasteiger partial charge in [-0.25, -0.2) is 0 Å². The number of aliphatic hydroxyl groups excluding tert-OH is 2. The molecule has 0 aromatic carbocycles. The number of nitrogens with one attached hydrogen (secondary N) is 1. The number of allylic oxidation sites excluding steroid dienone is 18. The average molecular weight is 886 g/mol. The molecule has 0 saturated carbocycles. The zero-order valence-corrected chi connectivity index (χ0v) is 42.0. The SMILES string of the molecule is CC/C=C\C/C=C\C/C=C\C/C=C\C/C=C\C/C=C\C/C=C\C/C=C\C/C=C\CCCC(=O)NC(CO)C(O)CCCCCCCCCCCCCCCCCCCCCCCCC. The summed E-state index contributed by atoms with van der Waals surface area (Å²) in [6, 6.07) is -0.576. The molecule has 0 saturated heterocycles. The fraction of sp³-hybridized carbons (Fsp3) is 0.683. The molecule has 64 heavy (non-hydrogen) atoms. The van der Waals surface area contributed by atoms with Gasteiger partial charge in [0.25, 0.3) is 0 Å². The Balaban J connectivity index is 3.66. The van der Waals surface area contributed by atoms with E-state index in [1.807, 2.05) is 0 Å². The number of unbranched alkanes of at least 4 members (excludes halogenated alkanes) is 23. The maximum absolute atomic E-state index is 12.5. The Kier molecular flexibility index (Phi) is 51.9. The lowest BCUT2D eigenvalue weighted by Crippen LogP contribution is -2.45. The Hall–Kier alpha value is -2.95. The second kappa shape index (κ2) is 54.4. The number of hydrogen-bond donors (Lipinski definition) is 3. The van der Waals surface area contributed by atoms with E-state index in [-0.39, 0.29) is 12.5 Å². The topological polar surface area (TPSA) is 69.6 Å². The van der Waals surface area contributed by atoms with E-state index >= 15 is 0 Å². The number of carbonyl (C=O) groups excluding carboxylic acids is 1. The lowest BCUT2D eigenvalue weighted by atomic mass is 10.0. The third kappa shape index (κ3) is 50.1. The van der Waals surface area contributed by atoms with Gasteiger partial charge in [0.15, 0.2) is 0 Å². The van der Waals surface area contributed by atoms with Gasteiger partial charge in [0.1, 0.15) is 0 Å². The van der Waals surface area contributed by atoms with E-state index in [0.29, 0.717) is 12.8 Å². The highest BCUT2D eigenvalue weighted by atomic mass is 16.3. The molecule has 1 amide bonds. The predicted molar refractivity (Wildman–Crippen MR) is 285 cm³/mol. The molecule has 0 bridgehead atoms. The standard InChI is InChI=1S/C60H103NO3/c1-3-5-7-9-11-13-15-17-19-21-23-25-27-28-29-30-31-32-34-36-38-40-42-44-46-48-50-52-54-56-60(64)61-58(57-62)59(63)55-53-51-49-47-45-43-41-39-37-35-33-26-24-22-20-18-16-14-12-10-8-6-4-2/h5,7,11,13,17,19,23,25,28-29,31-32,36,38,42,44,48,50,58-59,62-63H,3-4,6,8-10,12,14-16,18,20-22,24,26-27,30,33-35,37,39-41,43,45-47,49,51-57H2,1-2H3,(H,61,64)/b7-5-,13-11-,19-17-,25-23-,29-28-,32-31-,38-36-,44-42-,50-48-. The van der Waals surface area contributed by atoms with E-state index in [1.165, 1.54) is 135 Å². The van der Waals surface area contributed by atoms with Gasteiger partial charge in [-0.3, -0.25) is 4.79 Å². The summed E-state index contributed by atoms with van der Waals surface area (Å²) in [4.78, 5) is 12.5. The molecule has 0 aliphatic rings.